The first kappa shape index (κ1) is 12.4. The minimum absolute atomic E-state index is 0.361. The first-order valence-corrected chi connectivity index (χ1v) is 8.63. The van der Waals surface area contributed by atoms with Crippen LogP contribution in [0.15, 0.2) is 24.3 Å². The van der Waals surface area contributed by atoms with Crippen molar-refractivity contribution in [1.29, 1.82) is 0 Å². The van der Waals surface area contributed by atoms with Crippen LogP contribution >= 0.6 is 0 Å². The molecule has 2 heteroatoms. The van der Waals surface area contributed by atoms with E-state index < -0.39 is 0 Å². The summed E-state index contributed by atoms with van der Waals surface area (Å²) in [4.78, 5) is 15.5. The number of Topliss-reactive ketones (excluding diaryl/α,β-unsaturated/α-hetero) is 1. The van der Waals surface area contributed by atoms with Gasteiger partial charge >= 0.3 is 0 Å². The third-order valence-electron chi connectivity index (χ3n) is 6.80. The Morgan fingerprint density at radius 2 is 1.90 bits per heavy atom. The van der Waals surface area contributed by atoms with E-state index in [9.17, 15) is 4.79 Å². The van der Waals surface area contributed by atoms with Crippen LogP contribution < -0.4 is 0 Å². The lowest BCUT2D eigenvalue weighted by Gasteiger charge is -2.61. The lowest BCUT2D eigenvalue weighted by molar-refractivity contribution is -0.161. The second kappa shape index (κ2) is 4.19. The molecule has 4 aliphatic rings. The monoisotopic (exact) mass is 281 g/mol. The zero-order chi connectivity index (χ0) is 14.1. The van der Waals surface area contributed by atoms with Gasteiger partial charge in [-0.05, 0) is 49.1 Å². The van der Waals surface area contributed by atoms with Crippen LogP contribution in [0.3, 0.4) is 0 Å². The number of piperidine rings is 1. The summed E-state index contributed by atoms with van der Waals surface area (Å²) in [6.07, 6.45) is 5.92. The van der Waals surface area contributed by atoms with E-state index in [1.54, 1.807) is 0 Å². The highest BCUT2D eigenvalue weighted by atomic mass is 16.1. The van der Waals surface area contributed by atoms with E-state index in [2.05, 4.69) is 36.1 Å². The van der Waals surface area contributed by atoms with Crippen molar-refractivity contribution in [2.75, 3.05) is 0 Å². The molecule has 0 aromatic heterocycles. The van der Waals surface area contributed by atoms with Crippen molar-refractivity contribution in [3.8, 4) is 0 Å². The minimum atomic E-state index is 0.361. The van der Waals surface area contributed by atoms with Crippen molar-refractivity contribution in [1.82, 2.24) is 4.90 Å². The Labute approximate surface area is 126 Å². The summed E-state index contributed by atoms with van der Waals surface area (Å²) in [5.41, 5.74) is 2.91. The summed E-state index contributed by atoms with van der Waals surface area (Å²) in [6.45, 7) is 2.37. The van der Waals surface area contributed by atoms with E-state index in [1.807, 2.05) is 0 Å². The summed E-state index contributed by atoms with van der Waals surface area (Å²) in [5, 5.41) is 0. The molecule has 2 aliphatic carbocycles. The zero-order valence-corrected chi connectivity index (χ0v) is 12.7. The van der Waals surface area contributed by atoms with E-state index in [-0.39, 0.29) is 0 Å². The topological polar surface area (TPSA) is 20.3 Å². The average Bonchev–Trinajstić information content (AvgIpc) is 2.86. The highest BCUT2D eigenvalue weighted by Gasteiger charge is 2.62. The molecular weight excluding hydrogens is 258 g/mol. The second-order valence-corrected chi connectivity index (χ2v) is 7.66. The molecule has 110 valence electrons. The van der Waals surface area contributed by atoms with E-state index in [4.69, 9.17) is 0 Å². The normalized spacial score (nSPS) is 44.3. The van der Waals surface area contributed by atoms with Crippen molar-refractivity contribution in [3.63, 3.8) is 0 Å². The third-order valence-corrected chi connectivity index (χ3v) is 6.80. The van der Waals surface area contributed by atoms with Crippen LogP contribution in [-0.4, -0.2) is 22.8 Å². The molecular formula is C19H23NO. The molecule has 1 saturated heterocycles. The number of hydrogen-bond acceptors (Lipinski definition) is 2. The molecule has 5 rings (SSSR count). The smallest absolute Gasteiger partial charge is 0.139 e. The molecule has 2 heterocycles. The molecule has 1 aromatic carbocycles. The predicted octanol–water partition coefficient (Wildman–Crippen LogP) is 3.36. The Hall–Kier alpha value is -1.15. The van der Waals surface area contributed by atoms with E-state index >= 15 is 0 Å². The zero-order valence-electron chi connectivity index (χ0n) is 12.7. The van der Waals surface area contributed by atoms with Gasteiger partial charge in [0.15, 0.2) is 0 Å². The van der Waals surface area contributed by atoms with E-state index in [1.165, 1.54) is 30.4 Å². The molecule has 6 atom stereocenters. The predicted molar refractivity (Wildman–Crippen MR) is 81.9 cm³/mol. The van der Waals surface area contributed by atoms with Gasteiger partial charge in [0.1, 0.15) is 5.78 Å². The van der Waals surface area contributed by atoms with E-state index in [0.717, 1.165) is 24.7 Å². The molecule has 1 aromatic rings. The molecule has 0 spiro atoms. The molecule has 0 N–H and O–H groups in total. The molecule has 6 unspecified atom stereocenters. The number of nitrogens with zero attached hydrogens (tertiary/aromatic N) is 1. The number of benzene rings is 1. The Balaban J connectivity index is 1.59. The SMILES string of the molecule is CC1Cc2ccccc2C2CC(=O)C3C4CCCC4C3N12. The molecule has 2 aliphatic heterocycles. The number of fused-ring (bicyclic) bond motifs is 8. The number of carbonyl (C=O) groups excluding carboxylic acids is 1. The van der Waals surface area contributed by atoms with Crippen molar-refractivity contribution >= 4 is 5.78 Å². The number of hydrogen-bond donors (Lipinski definition) is 0. The van der Waals surface area contributed by atoms with Gasteiger partial charge in [-0.3, -0.25) is 9.69 Å². The van der Waals surface area contributed by atoms with E-state index in [0.29, 0.717) is 29.8 Å². The fraction of sp³-hybridized carbons (Fsp3) is 0.632. The fourth-order valence-electron chi connectivity index (χ4n) is 6.08. The molecule has 2 saturated carbocycles. The van der Waals surface area contributed by atoms with Crippen LogP contribution in [0.1, 0.15) is 49.8 Å². The van der Waals surface area contributed by atoms with Gasteiger partial charge in [-0.25, -0.2) is 0 Å². The highest BCUT2D eigenvalue weighted by molar-refractivity contribution is 5.85. The first-order valence-electron chi connectivity index (χ1n) is 8.63. The second-order valence-electron chi connectivity index (χ2n) is 7.66. The Kier molecular flexibility index (Phi) is 2.48. The molecule has 2 nitrogen and oxygen atoms in total. The van der Waals surface area contributed by atoms with Gasteiger partial charge in [-0.15, -0.1) is 0 Å². The maximum absolute atomic E-state index is 12.7. The molecule has 3 fully saturated rings. The van der Waals surface area contributed by atoms with Crippen molar-refractivity contribution < 1.29 is 4.79 Å². The van der Waals surface area contributed by atoms with Gasteiger partial charge in [0, 0.05) is 30.5 Å². The number of ketones is 1. The van der Waals surface area contributed by atoms with Crippen LogP contribution in [-0.2, 0) is 11.2 Å². The Morgan fingerprint density at radius 1 is 1.10 bits per heavy atom. The van der Waals surface area contributed by atoms with Gasteiger partial charge in [-0.1, -0.05) is 30.7 Å². The van der Waals surface area contributed by atoms with Crippen LogP contribution in [0.4, 0.5) is 0 Å². The van der Waals surface area contributed by atoms with Gasteiger partial charge in [-0.2, -0.15) is 0 Å². The van der Waals surface area contributed by atoms with Crippen LogP contribution in [0.5, 0.6) is 0 Å². The molecule has 0 amide bonds. The summed E-state index contributed by atoms with van der Waals surface area (Å²) >= 11 is 0. The minimum Gasteiger partial charge on any atom is -0.299 e. The number of rotatable bonds is 0. The summed E-state index contributed by atoms with van der Waals surface area (Å²) in [6, 6.07) is 10.3. The molecule has 21 heavy (non-hydrogen) atoms. The van der Waals surface area contributed by atoms with Crippen molar-refractivity contribution in [2.45, 2.75) is 57.2 Å². The van der Waals surface area contributed by atoms with Crippen LogP contribution in [0.25, 0.3) is 0 Å². The van der Waals surface area contributed by atoms with Gasteiger partial charge in [0.05, 0.1) is 0 Å². The van der Waals surface area contributed by atoms with Crippen LogP contribution in [0, 0.1) is 17.8 Å². The summed E-state index contributed by atoms with van der Waals surface area (Å²) < 4.78 is 0. The first-order chi connectivity index (χ1) is 10.3. The number of carbonyl (C=O) groups is 1. The standard InChI is InChI=1S/C19H23NO/c1-11-9-12-5-2-3-6-13(12)16-10-17(21)18-14-7-4-8-15(14)19(18)20(11)16/h2-3,5-6,11,14-16,18-19H,4,7-10H2,1H3. The Morgan fingerprint density at radius 3 is 2.81 bits per heavy atom. The molecule has 0 bridgehead atoms. The lowest BCUT2D eigenvalue weighted by Crippen LogP contribution is -2.67. The highest BCUT2D eigenvalue weighted by Crippen LogP contribution is 2.59. The van der Waals surface area contributed by atoms with Gasteiger partial charge < -0.3 is 0 Å². The quantitative estimate of drug-likeness (QED) is 0.727. The van der Waals surface area contributed by atoms with Gasteiger partial charge in [0.2, 0.25) is 0 Å². The maximum Gasteiger partial charge on any atom is 0.139 e. The lowest BCUT2D eigenvalue weighted by atomic mass is 9.56. The Bertz CT molecular complexity index is 609. The average molecular weight is 281 g/mol. The van der Waals surface area contributed by atoms with Gasteiger partial charge in [0.25, 0.3) is 0 Å². The fourth-order valence-corrected chi connectivity index (χ4v) is 6.08. The third kappa shape index (κ3) is 1.49. The van der Waals surface area contributed by atoms with Crippen LogP contribution in [0.2, 0.25) is 0 Å². The molecule has 0 radical (unpaired) electrons. The summed E-state index contributed by atoms with van der Waals surface area (Å²) in [7, 11) is 0. The van der Waals surface area contributed by atoms with Crippen molar-refractivity contribution in [2.24, 2.45) is 17.8 Å². The van der Waals surface area contributed by atoms with Crippen molar-refractivity contribution in [3.05, 3.63) is 35.4 Å². The maximum atomic E-state index is 12.7. The summed E-state index contributed by atoms with van der Waals surface area (Å²) in [5.74, 6) is 2.48. The largest absolute Gasteiger partial charge is 0.299 e.